The molecule has 0 bridgehead atoms. The molecule has 1 fully saturated rings. The van der Waals surface area contributed by atoms with E-state index < -0.39 is 5.60 Å². The Morgan fingerprint density at radius 3 is 2.38 bits per heavy atom. The number of benzene rings is 1. The Morgan fingerprint density at radius 1 is 1.31 bits per heavy atom. The zero-order valence-corrected chi connectivity index (χ0v) is 10.3. The second-order valence-electron chi connectivity index (χ2n) is 5.13. The highest BCUT2D eigenvalue weighted by Gasteiger charge is 2.39. The van der Waals surface area contributed by atoms with Crippen LogP contribution in [-0.2, 0) is 5.60 Å². The van der Waals surface area contributed by atoms with E-state index in [0.29, 0.717) is 5.92 Å². The monoisotopic (exact) mass is 219 g/mol. The molecule has 2 N–H and O–H groups in total. The van der Waals surface area contributed by atoms with Crippen LogP contribution in [0.25, 0.3) is 0 Å². The number of hydrogen-bond donors (Lipinski definition) is 2. The summed E-state index contributed by atoms with van der Waals surface area (Å²) in [7, 11) is 0. The molecule has 88 valence electrons. The molecule has 2 heteroatoms. The van der Waals surface area contributed by atoms with Crippen molar-refractivity contribution in [1.29, 1.82) is 0 Å². The van der Waals surface area contributed by atoms with Crippen molar-refractivity contribution in [1.82, 2.24) is 5.32 Å². The Balaban J connectivity index is 2.27. The third kappa shape index (κ3) is 1.87. The maximum absolute atomic E-state index is 10.6. The van der Waals surface area contributed by atoms with E-state index in [0.717, 1.165) is 18.5 Å². The van der Waals surface area contributed by atoms with E-state index in [1.165, 1.54) is 5.56 Å². The van der Waals surface area contributed by atoms with E-state index in [1.54, 1.807) is 0 Å². The van der Waals surface area contributed by atoms with Crippen molar-refractivity contribution < 1.29 is 5.11 Å². The quantitative estimate of drug-likeness (QED) is 0.800. The highest BCUT2D eigenvalue weighted by atomic mass is 16.3. The van der Waals surface area contributed by atoms with Crippen molar-refractivity contribution in [2.75, 3.05) is 6.54 Å². The molecule has 0 spiro atoms. The lowest BCUT2D eigenvalue weighted by Crippen LogP contribution is -2.37. The molecule has 0 radical (unpaired) electrons. The van der Waals surface area contributed by atoms with E-state index in [4.69, 9.17) is 0 Å². The van der Waals surface area contributed by atoms with Crippen LogP contribution >= 0.6 is 0 Å². The van der Waals surface area contributed by atoms with Crippen LogP contribution in [0, 0.1) is 0 Å². The van der Waals surface area contributed by atoms with Gasteiger partial charge in [-0.25, -0.2) is 0 Å². The molecule has 1 aromatic rings. The van der Waals surface area contributed by atoms with Crippen LogP contribution < -0.4 is 5.32 Å². The van der Waals surface area contributed by atoms with E-state index in [1.807, 2.05) is 6.92 Å². The van der Waals surface area contributed by atoms with Crippen molar-refractivity contribution in [3.05, 3.63) is 35.4 Å². The molecule has 1 aliphatic heterocycles. The van der Waals surface area contributed by atoms with E-state index >= 15 is 0 Å². The fraction of sp³-hybridized carbons (Fsp3) is 0.571. The summed E-state index contributed by atoms with van der Waals surface area (Å²) in [5.74, 6) is 0.544. The van der Waals surface area contributed by atoms with E-state index in [9.17, 15) is 5.11 Å². The number of aliphatic hydroxyl groups is 1. The van der Waals surface area contributed by atoms with Gasteiger partial charge in [0.25, 0.3) is 0 Å². The minimum atomic E-state index is -0.685. The van der Waals surface area contributed by atoms with Crippen molar-refractivity contribution in [3.8, 4) is 0 Å². The smallest absolute Gasteiger partial charge is 0.106 e. The Kier molecular flexibility index (Phi) is 3.04. The topological polar surface area (TPSA) is 32.3 Å². The molecule has 0 aliphatic carbocycles. The highest BCUT2D eigenvalue weighted by Crippen LogP contribution is 2.33. The number of rotatable bonds is 2. The van der Waals surface area contributed by atoms with Gasteiger partial charge in [0, 0.05) is 6.04 Å². The minimum absolute atomic E-state index is 0.136. The molecule has 0 saturated carbocycles. The van der Waals surface area contributed by atoms with Gasteiger partial charge in [0.05, 0.1) is 0 Å². The lowest BCUT2D eigenvalue weighted by Gasteiger charge is -2.28. The molecule has 0 amide bonds. The third-order valence-electron chi connectivity index (χ3n) is 3.75. The van der Waals surface area contributed by atoms with Crippen molar-refractivity contribution in [2.24, 2.45) is 0 Å². The molecule has 2 rings (SSSR count). The van der Waals surface area contributed by atoms with Crippen LogP contribution in [0.4, 0.5) is 0 Å². The molecule has 1 aliphatic rings. The van der Waals surface area contributed by atoms with Gasteiger partial charge in [0.1, 0.15) is 5.60 Å². The summed E-state index contributed by atoms with van der Waals surface area (Å²) in [6, 6.07) is 8.53. The first-order valence-corrected chi connectivity index (χ1v) is 6.10. The van der Waals surface area contributed by atoms with E-state index in [-0.39, 0.29) is 6.04 Å². The summed E-state index contributed by atoms with van der Waals surface area (Å²) >= 11 is 0. The van der Waals surface area contributed by atoms with Crippen LogP contribution in [0.1, 0.15) is 44.2 Å². The summed E-state index contributed by atoms with van der Waals surface area (Å²) in [4.78, 5) is 0. The largest absolute Gasteiger partial charge is 0.383 e. The molecule has 2 unspecified atom stereocenters. The predicted octanol–water partition coefficient (Wildman–Crippen LogP) is 2.38. The summed E-state index contributed by atoms with van der Waals surface area (Å²) in [5, 5.41) is 13.9. The first-order chi connectivity index (χ1) is 7.54. The molecule has 1 heterocycles. The maximum Gasteiger partial charge on any atom is 0.106 e. The Bertz CT molecular complexity index is 358. The highest BCUT2D eigenvalue weighted by molar-refractivity contribution is 5.30. The molecule has 1 saturated heterocycles. The van der Waals surface area contributed by atoms with Gasteiger partial charge in [-0.3, -0.25) is 0 Å². The van der Waals surface area contributed by atoms with E-state index in [2.05, 4.69) is 43.4 Å². The molecule has 0 aromatic heterocycles. The lowest BCUT2D eigenvalue weighted by molar-refractivity contribution is 0.0293. The first-order valence-electron chi connectivity index (χ1n) is 6.10. The lowest BCUT2D eigenvalue weighted by atomic mass is 9.86. The van der Waals surface area contributed by atoms with Gasteiger partial charge in [0.2, 0.25) is 0 Å². The van der Waals surface area contributed by atoms with Gasteiger partial charge < -0.3 is 10.4 Å². The number of nitrogens with one attached hydrogen (secondary N) is 1. The van der Waals surface area contributed by atoms with Crippen molar-refractivity contribution >= 4 is 0 Å². The second kappa shape index (κ2) is 4.19. The van der Waals surface area contributed by atoms with Gasteiger partial charge in [-0.2, -0.15) is 0 Å². The Hall–Kier alpha value is -0.860. The maximum atomic E-state index is 10.6. The van der Waals surface area contributed by atoms with Crippen LogP contribution in [0.2, 0.25) is 0 Å². The standard InChI is InChI=1S/C14H21NO/c1-10(2)12-4-6-13(7-5-12)14(16)8-9-15-11(14)3/h4-7,10-11,15-16H,8-9H2,1-3H3. The first kappa shape index (κ1) is 11.6. The summed E-state index contributed by atoms with van der Waals surface area (Å²) < 4.78 is 0. The molecule has 2 nitrogen and oxygen atoms in total. The zero-order valence-electron chi connectivity index (χ0n) is 10.3. The van der Waals surface area contributed by atoms with Gasteiger partial charge >= 0.3 is 0 Å². The fourth-order valence-corrected chi connectivity index (χ4v) is 2.42. The molecular weight excluding hydrogens is 198 g/mol. The fourth-order valence-electron chi connectivity index (χ4n) is 2.42. The van der Waals surface area contributed by atoms with Gasteiger partial charge in [-0.1, -0.05) is 38.1 Å². The van der Waals surface area contributed by atoms with Gasteiger partial charge in [-0.05, 0) is 36.9 Å². The molecule has 2 atom stereocenters. The second-order valence-corrected chi connectivity index (χ2v) is 5.13. The average Bonchev–Trinajstić information content (AvgIpc) is 2.61. The van der Waals surface area contributed by atoms with Crippen molar-refractivity contribution in [3.63, 3.8) is 0 Å². The average molecular weight is 219 g/mol. The summed E-state index contributed by atoms with van der Waals surface area (Å²) in [6.07, 6.45) is 0.801. The normalized spacial score (nSPS) is 29.9. The Morgan fingerprint density at radius 2 is 1.94 bits per heavy atom. The molecule has 1 aromatic carbocycles. The predicted molar refractivity (Wildman–Crippen MR) is 66.5 cm³/mol. The molecular formula is C14H21NO. The SMILES string of the molecule is CC(C)c1ccc(C2(O)CCNC2C)cc1. The Labute approximate surface area is 97.7 Å². The minimum Gasteiger partial charge on any atom is -0.383 e. The van der Waals surface area contributed by atoms with Gasteiger partial charge in [0.15, 0.2) is 0 Å². The summed E-state index contributed by atoms with van der Waals surface area (Å²) in [6.45, 7) is 7.31. The summed E-state index contributed by atoms with van der Waals surface area (Å²) in [5.41, 5.74) is 1.68. The zero-order chi connectivity index (χ0) is 11.8. The van der Waals surface area contributed by atoms with Gasteiger partial charge in [-0.15, -0.1) is 0 Å². The van der Waals surface area contributed by atoms with Crippen LogP contribution in [0.15, 0.2) is 24.3 Å². The van der Waals surface area contributed by atoms with Crippen LogP contribution in [0.5, 0.6) is 0 Å². The number of hydrogen-bond acceptors (Lipinski definition) is 2. The van der Waals surface area contributed by atoms with Crippen LogP contribution in [-0.4, -0.2) is 17.7 Å². The molecule has 16 heavy (non-hydrogen) atoms. The van der Waals surface area contributed by atoms with Crippen molar-refractivity contribution in [2.45, 2.75) is 44.8 Å². The third-order valence-corrected chi connectivity index (χ3v) is 3.75. The van der Waals surface area contributed by atoms with Crippen LogP contribution in [0.3, 0.4) is 0 Å².